The third-order valence-electron chi connectivity index (χ3n) is 6.74. The van der Waals surface area contributed by atoms with Crippen LogP contribution in [0.25, 0.3) is 20.3 Å². The molecule has 7 nitrogen and oxygen atoms in total. The molecule has 0 spiro atoms. The molecule has 0 amide bonds. The van der Waals surface area contributed by atoms with E-state index in [2.05, 4.69) is 16.0 Å². The number of rotatable bonds is 4. The fourth-order valence-corrected chi connectivity index (χ4v) is 6.26. The summed E-state index contributed by atoms with van der Waals surface area (Å²) in [4.78, 5) is 31.1. The number of para-hydroxylation sites is 1. The van der Waals surface area contributed by atoms with Gasteiger partial charge in [-0.25, -0.2) is 4.79 Å². The minimum Gasteiger partial charge on any atom is -0.493 e. The maximum atomic E-state index is 13.1. The number of aromatic amines is 1. The van der Waals surface area contributed by atoms with Crippen LogP contribution in [0.2, 0.25) is 0 Å². The average Bonchev–Trinajstić information content (AvgIpc) is 3.40. The summed E-state index contributed by atoms with van der Waals surface area (Å²) >= 11 is 1.44. The van der Waals surface area contributed by atoms with E-state index in [1.165, 1.54) is 21.5 Å². The molecule has 2 aromatic carbocycles. The molecule has 32 heavy (non-hydrogen) atoms. The van der Waals surface area contributed by atoms with E-state index in [0.29, 0.717) is 41.7 Å². The van der Waals surface area contributed by atoms with E-state index < -0.39 is 0 Å². The second kappa shape index (κ2) is 7.50. The molecule has 4 heterocycles. The van der Waals surface area contributed by atoms with Crippen molar-refractivity contribution in [1.82, 2.24) is 14.5 Å². The van der Waals surface area contributed by atoms with Gasteiger partial charge in [-0.2, -0.15) is 0 Å². The van der Waals surface area contributed by atoms with Crippen LogP contribution in [-0.2, 0) is 6.54 Å². The quantitative estimate of drug-likeness (QED) is 0.518. The molecule has 1 fully saturated rings. The van der Waals surface area contributed by atoms with Gasteiger partial charge in [0.15, 0.2) is 11.5 Å². The van der Waals surface area contributed by atoms with Gasteiger partial charge in [-0.1, -0.05) is 30.3 Å². The maximum absolute atomic E-state index is 13.1. The number of H-pyrrole nitrogens is 1. The highest BCUT2D eigenvalue weighted by Gasteiger charge is 2.39. The number of hydrogen-bond acceptors (Lipinski definition) is 6. The standard InChI is InChI=1S/C24H23N3O4S/c1-30-18-7-4-6-15-17-12-26(11-14(17)13-31-21(15)18)9-10-27-23(28)22-20(25-24(27)29)16-5-2-3-8-19(16)32-22/h2-8,14,17H,9-13H2,1H3,(H,25,29)/t14-,17-/m1/s1. The van der Waals surface area contributed by atoms with Crippen LogP contribution in [0.4, 0.5) is 0 Å². The smallest absolute Gasteiger partial charge is 0.328 e. The third-order valence-corrected chi connectivity index (χ3v) is 7.90. The number of aromatic nitrogens is 2. The number of ether oxygens (including phenoxy) is 2. The molecule has 0 aliphatic carbocycles. The molecular weight excluding hydrogens is 426 g/mol. The lowest BCUT2D eigenvalue weighted by atomic mass is 9.87. The van der Waals surface area contributed by atoms with Gasteiger partial charge in [0.05, 0.1) is 19.2 Å². The first-order valence-corrected chi connectivity index (χ1v) is 11.6. The molecule has 2 atom stereocenters. The second-order valence-corrected chi connectivity index (χ2v) is 9.56. The molecule has 2 aliphatic rings. The van der Waals surface area contributed by atoms with E-state index in [4.69, 9.17) is 9.47 Å². The lowest BCUT2D eigenvalue weighted by Crippen LogP contribution is -2.38. The van der Waals surface area contributed by atoms with Crippen molar-refractivity contribution in [2.75, 3.05) is 33.4 Å². The normalized spacial score (nSPS) is 20.3. The highest BCUT2D eigenvalue weighted by Crippen LogP contribution is 2.45. The molecule has 0 unspecified atom stereocenters. The van der Waals surface area contributed by atoms with Crippen molar-refractivity contribution >= 4 is 31.6 Å². The molecule has 4 aromatic rings. The van der Waals surface area contributed by atoms with E-state index in [1.54, 1.807) is 7.11 Å². The Morgan fingerprint density at radius 1 is 1.12 bits per heavy atom. The molecular formula is C24H23N3O4S. The van der Waals surface area contributed by atoms with Crippen LogP contribution < -0.4 is 20.7 Å². The van der Waals surface area contributed by atoms with Gasteiger partial charge in [-0.15, -0.1) is 11.3 Å². The number of likely N-dealkylation sites (tertiary alicyclic amines) is 1. The largest absolute Gasteiger partial charge is 0.493 e. The molecule has 1 saturated heterocycles. The van der Waals surface area contributed by atoms with E-state index >= 15 is 0 Å². The number of fused-ring (bicyclic) bond motifs is 6. The highest BCUT2D eigenvalue weighted by atomic mass is 32.1. The molecule has 1 N–H and O–H groups in total. The van der Waals surface area contributed by atoms with Crippen molar-refractivity contribution in [2.24, 2.45) is 5.92 Å². The number of benzene rings is 2. The Morgan fingerprint density at radius 3 is 2.88 bits per heavy atom. The summed E-state index contributed by atoms with van der Waals surface area (Å²) < 4.78 is 14.4. The zero-order valence-corrected chi connectivity index (χ0v) is 18.5. The number of nitrogens with one attached hydrogen (secondary N) is 1. The molecule has 164 valence electrons. The van der Waals surface area contributed by atoms with Crippen molar-refractivity contribution in [3.05, 3.63) is 68.9 Å². The zero-order valence-electron chi connectivity index (χ0n) is 17.7. The van der Waals surface area contributed by atoms with Crippen molar-refractivity contribution in [2.45, 2.75) is 12.5 Å². The SMILES string of the molecule is COc1cccc2c1OC[C@H]1CN(CCn3c(=O)[nH]c4c(sc5ccccc54)c3=O)C[C@@H]21. The fraction of sp³-hybridized carbons (Fsp3) is 0.333. The van der Waals surface area contributed by atoms with Crippen LogP contribution in [0.3, 0.4) is 0 Å². The maximum Gasteiger partial charge on any atom is 0.328 e. The summed E-state index contributed by atoms with van der Waals surface area (Å²) in [5.41, 5.74) is 1.28. The summed E-state index contributed by atoms with van der Waals surface area (Å²) in [6, 6.07) is 13.8. The zero-order chi connectivity index (χ0) is 21.8. The van der Waals surface area contributed by atoms with Gasteiger partial charge < -0.3 is 19.4 Å². The predicted molar refractivity (Wildman–Crippen MR) is 125 cm³/mol. The Labute approximate surface area is 187 Å². The van der Waals surface area contributed by atoms with Gasteiger partial charge in [0.25, 0.3) is 5.56 Å². The number of methoxy groups -OCH3 is 1. The van der Waals surface area contributed by atoms with Gasteiger partial charge >= 0.3 is 5.69 Å². The number of nitrogens with zero attached hydrogens (tertiary/aromatic N) is 2. The van der Waals surface area contributed by atoms with Gasteiger partial charge in [0, 0.05) is 53.7 Å². The van der Waals surface area contributed by atoms with Crippen LogP contribution in [0, 0.1) is 5.92 Å². The molecule has 0 bridgehead atoms. The lowest BCUT2D eigenvalue weighted by molar-refractivity contribution is 0.203. The first-order chi connectivity index (χ1) is 15.6. The number of hydrogen-bond donors (Lipinski definition) is 1. The minimum absolute atomic E-state index is 0.208. The van der Waals surface area contributed by atoms with Crippen LogP contribution in [0.15, 0.2) is 52.1 Å². The summed E-state index contributed by atoms with van der Waals surface area (Å²) in [7, 11) is 1.66. The predicted octanol–water partition coefficient (Wildman–Crippen LogP) is 3.02. The topological polar surface area (TPSA) is 76.6 Å². The van der Waals surface area contributed by atoms with E-state index in [9.17, 15) is 9.59 Å². The Kier molecular flexibility index (Phi) is 4.58. The Balaban J connectivity index is 1.25. The Hall–Kier alpha value is -3.10. The Morgan fingerprint density at radius 2 is 2.00 bits per heavy atom. The van der Waals surface area contributed by atoms with Crippen LogP contribution >= 0.6 is 11.3 Å². The minimum atomic E-state index is -0.346. The average molecular weight is 450 g/mol. The van der Waals surface area contributed by atoms with Crippen molar-refractivity contribution in [3.63, 3.8) is 0 Å². The summed E-state index contributed by atoms with van der Waals surface area (Å²) in [5.74, 6) is 2.39. The molecule has 0 radical (unpaired) electrons. The van der Waals surface area contributed by atoms with Gasteiger partial charge in [-0.3, -0.25) is 9.36 Å². The highest BCUT2D eigenvalue weighted by molar-refractivity contribution is 7.25. The molecule has 2 aromatic heterocycles. The van der Waals surface area contributed by atoms with Gasteiger partial charge in [-0.05, 0) is 12.1 Å². The van der Waals surface area contributed by atoms with E-state index in [-0.39, 0.29) is 11.2 Å². The number of thiophene rings is 1. The molecule has 8 heteroatoms. The summed E-state index contributed by atoms with van der Waals surface area (Å²) in [5, 5.41) is 0.923. The Bertz CT molecular complexity index is 1450. The lowest BCUT2D eigenvalue weighted by Gasteiger charge is -2.28. The monoisotopic (exact) mass is 449 g/mol. The molecule has 6 rings (SSSR count). The van der Waals surface area contributed by atoms with E-state index in [0.717, 1.165) is 34.7 Å². The second-order valence-electron chi connectivity index (χ2n) is 8.51. The van der Waals surface area contributed by atoms with E-state index in [1.807, 2.05) is 36.4 Å². The van der Waals surface area contributed by atoms with Crippen LogP contribution in [0.5, 0.6) is 11.5 Å². The molecule has 2 aliphatic heterocycles. The summed E-state index contributed by atoms with van der Waals surface area (Å²) in [6.45, 7) is 3.43. The fourth-order valence-electron chi connectivity index (χ4n) is 5.15. The van der Waals surface area contributed by atoms with Crippen LogP contribution in [-0.4, -0.2) is 47.8 Å². The first-order valence-electron chi connectivity index (χ1n) is 10.8. The van der Waals surface area contributed by atoms with Crippen molar-refractivity contribution in [1.29, 1.82) is 0 Å². The third kappa shape index (κ3) is 2.97. The van der Waals surface area contributed by atoms with Crippen molar-refractivity contribution < 1.29 is 9.47 Å². The van der Waals surface area contributed by atoms with Gasteiger partial charge in [0.2, 0.25) is 0 Å². The van der Waals surface area contributed by atoms with Crippen molar-refractivity contribution in [3.8, 4) is 11.5 Å². The van der Waals surface area contributed by atoms with Gasteiger partial charge in [0.1, 0.15) is 4.70 Å². The summed E-state index contributed by atoms with van der Waals surface area (Å²) in [6.07, 6.45) is 0. The molecule has 0 saturated carbocycles. The van der Waals surface area contributed by atoms with Crippen LogP contribution in [0.1, 0.15) is 11.5 Å². The first kappa shape index (κ1) is 19.6.